The number of ether oxygens (including phenoxy) is 1. The van der Waals surface area contributed by atoms with E-state index >= 15 is 0 Å². The first-order chi connectivity index (χ1) is 13.3. The lowest BCUT2D eigenvalue weighted by Crippen LogP contribution is -2.34. The fraction of sp³-hybridized carbons (Fsp3) is 0.600. The molecule has 1 amide bonds. The van der Waals surface area contributed by atoms with E-state index in [1.54, 1.807) is 12.1 Å². The number of amides is 1. The van der Waals surface area contributed by atoms with Crippen LogP contribution in [0.3, 0.4) is 0 Å². The first-order valence-corrected chi connectivity index (χ1v) is 9.77. The first-order valence-electron chi connectivity index (χ1n) is 9.77. The highest BCUT2D eigenvalue weighted by molar-refractivity contribution is 5.90. The standard InChI is InChI=1S/C20H28FN3O4/c1-14(2)24-9-8-22(10-11-27-24)19-7-5-16(12-18(19)21)23-13-17(28-20(23)26)6-4-15(3)25/h5,7,12,14,17H,4,6,8-11,13H2,1-3H3/t17-/m0/s1. The molecule has 0 radical (unpaired) electrons. The minimum absolute atomic E-state index is 0.0577. The molecular weight excluding hydrogens is 365 g/mol. The van der Waals surface area contributed by atoms with E-state index in [-0.39, 0.29) is 23.7 Å². The number of Topliss-reactive ketones (excluding diaryl/α,β-unsaturated/α-hetero) is 1. The maximum atomic E-state index is 14.8. The van der Waals surface area contributed by atoms with E-state index in [2.05, 4.69) is 13.8 Å². The molecule has 0 bridgehead atoms. The molecule has 0 saturated carbocycles. The van der Waals surface area contributed by atoms with Crippen LogP contribution in [0, 0.1) is 5.82 Å². The second-order valence-electron chi connectivity index (χ2n) is 7.55. The number of hydrogen-bond acceptors (Lipinski definition) is 6. The number of carbonyl (C=O) groups is 2. The average molecular weight is 393 g/mol. The van der Waals surface area contributed by atoms with Crippen molar-refractivity contribution in [3.05, 3.63) is 24.0 Å². The lowest BCUT2D eigenvalue weighted by atomic mass is 10.1. The van der Waals surface area contributed by atoms with Crippen LogP contribution in [-0.2, 0) is 14.4 Å². The number of cyclic esters (lactones) is 1. The molecule has 0 spiro atoms. The van der Waals surface area contributed by atoms with Gasteiger partial charge in [0, 0.05) is 32.1 Å². The van der Waals surface area contributed by atoms with Crippen LogP contribution in [0.1, 0.15) is 33.6 Å². The smallest absolute Gasteiger partial charge is 0.414 e. The second kappa shape index (κ2) is 8.87. The molecule has 1 atom stereocenters. The topological polar surface area (TPSA) is 62.3 Å². The Morgan fingerprint density at radius 3 is 2.75 bits per heavy atom. The van der Waals surface area contributed by atoms with Gasteiger partial charge >= 0.3 is 6.09 Å². The highest BCUT2D eigenvalue weighted by atomic mass is 19.1. The Kier molecular flexibility index (Phi) is 6.51. The Hall–Kier alpha value is -2.19. The van der Waals surface area contributed by atoms with Gasteiger partial charge in [-0.2, -0.15) is 5.06 Å². The number of halogens is 1. The van der Waals surface area contributed by atoms with E-state index < -0.39 is 6.09 Å². The van der Waals surface area contributed by atoms with Crippen molar-refractivity contribution < 1.29 is 23.6 Å². The molecule has 154 valence electrons. The van der Waals surface area contributed by atoms with E-state index in [1.807, 2.05) is 9.96 Å². The average Bonchev–Trinajstić information content (AvgIpc) is 2.85. The minimum atomic E-state index is -0.503. The van der Waals surface area contributed by atoms with Crippen molar-refractivity contribution in [2.75, 3.05) is 42.6 Å². The highest BCUT2D eigenvalue weighted by Crippen LogP contribution is 2.29. The molecule has 2 fully saturated rings. The molecule has 1 aromatic carbocycles. The van der Waals surface area contributed by atoms with Crippen LogP contribution >= 0.6 is 0 Å². The Morgan fingerprint density at radius 2 is 2.07 bits per heavy atom. The number of ketones is 1. The molecule has 2 heterocycles. The van der Waals surface area contributed by atoms with Crippen molar-refractivity contribution in [3.8, 4) is 0 Å². The Bertz CT molecular complexity index is 727. The van der Waals surface area contributed by atoms with Crippen molar-refractivity contribution in [3.63, 3.8) is 0 Å². The highest BCUT2D eigenvalue weighted by Gasteiger charge is 2.33. The molecule has 2 saturated heterocycles. The summed E-state index contributed by atoms with van der Waals surface area (Å²) in [7, 11) is 0. The van der Waals surface area contributed by atoms with Crippen LogP contribution in [0.4, 0.5) is 20.6 Å². The lowest BCUT2D eigenvalue weighted by Gasteiger charge is -2.25. The van der Waals surface area contributed by atoms with Crippen LogP contribution in [0.25, 0.3) is 0 Å². The maximum Gasteiger partial charge on any atom is 0.414 e. The first kappa shape index (κ1) is 20.5. The molecule has 0 aliphatic carbocycles. The SMILES string of the molecule is CC(=O)CC[C@H]1CN(c2ccc(N3CCON(C(C)C)CC3)c(F)c2)C(=O)O1. The van der Waals surface area contributed by atoms with Gasteiger partial charge in [-0.3, -0.25) is 9.74 Å². The van der Waals surface area contributed by atoms with Gasteiger partial charge in [-0.15, -0.1) is 0 Å². The van der Waals surface area contributed by atoms with Crippen molar-refractivity contribution in [1.82, 2.24) is 5.06 Å². The van der Waals surface area contributed by atoms with Crippen LogP contribution in [0.2, 0.25) is 0 Å². The zero-order chi connectivity index (χ0) is 20.3. The zero-order valence-corrected chi connectivity index (χ0v) is 16.7. The monoisotopic (exact) mass is 393 g/mol. The number of carbonyl (C=O) groups excluding carboxylic acids is 2. The van der Waals surface area contributed by atoms with Crippen molar-refractivity contribution in [2.45, 2.75) is 45.8 Å². The van der Waals surface area contributed by atoms with Crippen LogP contribution in [0.15, 0.2) is 18.2 Å². The van der Waals surface area contributed by atoms with Crippen molar-refractivity contribution in [2.24, 2.45) is 0 Å². The summed E-state index contributed by atoms with van der Waals surface area (Å²) in [5, 5.41) is 1.91. The second-order valence-corrected chi connectivity index (χ2v) is 7.55. The number of hydrogen-bond donors (Lipinski definition) is 0. The summed E-state index contributed by atoms with van der Waals surface area (Å²) < 4.78 is 20.1. The van der Waals surface area contributed by atoms with Gasteiger partial charge in [0.2, 0.25) is 0 Å². The Balaban J connectivity index is 1.67. The van der Waals surface area contributed by atoms with E-state index in [4.69, 9.17) is 9.57 Å². The van der Waals surface area contributed by atoms with Crippen LogP contribution in [0.5, 0.6) is 0 Å². The summed E-state index contributed by atoms with van der Waals surface area (Å²) in [5.74, 6) is -0.321. The summed E-state index contributed by atoms with van der Waals surface area (Å²) in [6.45, 7) is 8.40. The lowest BCUT2D eigenvalue weighted by molar-refractivity contribution is -0.168. The quantitative estimate of drug-likeness (QED) is 0.741. The van der Waals surface area contributed by atoms with Gasteiger partial charge in [-0.05, 0) is 45.4 Å². The van der Waals surface area contributed by atoms with Gasteiger partial charge in [0.25, 0.3) is 0 Å². The van der Waals surface area contributed by atoms with E-state index in [0.717, 1.165) is 0 Å². The summed E-state index contributed by atoms with van der Waals surface area (Å²) >= 11 is 0. The molecule has 2 aliphatic heterocycles. The zero-order valence-electron chi connectivity index (χ0n) is 16.7. The number of rotatable bonds is 6. The van der Waals surface area contributed by atoms with E-state index in [0.29, 0.717) is 57.0 Å². The molecule has 0 N–H and O–H groups in total. The van der Waals surface area contributed by atoms with Crippen molar-refractivity contribution in [1.29, 1.82) is 0 Å². The summed E-state index contributed by atoms with van der Waals surface area (Å²) in [5.41, 5.74) is 0.963. The fourth-order valence-electron chi connectivity index (χ4n) is 3.48. The molecular formula is C20H28FN3O4. The third-order valence-electron chi connectivity index (χ3n) is 5.06. The molecule has 7 nitrogen and oxygen atoms in total. The van der Waals surface area contributed by atoms with Crippen molar-refractivity contribution >= 4 is 23.3 Å². The minimum Gasteiger partial charge on any atom is -0.444 e. The van der Waals surface area contributed by atoms with E-state index in [1.165, 1.54) is 17.9 Å². The molecule has 2 aliphatic rings. The summed E-state index contributed by atoms with van der Waals surface area (Å²) in [6.07, 6.45) is 0.00210. The van der Waals surface area contributed by atoms with E-state index in [9.17, 15) is 14.0 Å². The predicted molar refractivity (Wildman–Crippen MR) is 104 cm³/mol. The Labute approximate surface area is 164 Å². The normalized spacial score (nSPS) is 21.2. The third-order valence-corrected chi connectivity index (χ3v) is 5.06. The summed E-state index contributed by atoms with van der Waals surface area (Å²) in [4.78, 5) is 32.3. The number of hydroxylamine groups is 2. The number of nitrogens with zero attached hydrogens (tertiary/aromatic N) is 3. The molecule has 0 aromatic heterocycles. The molecule has 1 aromatic rings. The third kappa shape index (κ3) is 4.80. The van der Waals surface area contributed by atoms with Gasteiger partial charge < -0.3 is 14.4 Å². The van der Waals surface area contributed by atoms with Gasteiger partial charge in [0.05, 0.1) is 24.5 Å². The molecule has 0 unspecified atom stereocenters. The van der Waals surface area contributed by atoms with Gasteiger partial charge in [0.15, 0.2) is 0 Å². The van der Waals surface area contributed by atoms with Crippen LogP contribution < -0.4 is 9.80 Å². The van der Waals surface area contributed by atoms with Crippen LogP contribution in [-0.4, -0.2) is 61.9 Å². The molecule has 3 rings (SSSR count). The fourth-order valence-corrected chi connectivity index (χ4v) is 3.48. The maximum absolute atomic E-state index is 14.8. The molecule has 8 heteroatoms. The predicted octanol–water partition coefficient (Wildman–Crippen LogP) is 2.98. The largest absolute Gasteiger partial charge is 0.444 e. The number of benzene rings is 1. The van der Waals surface area contributed by atoms with Gasteiger partial charge in [0.1, 0.15) is 17.7 Å². The summed E-state index contributed by atoms with van der Waals surface area (Å²) in [6, 6.07) is 5.07. The van der Waals surface area contributed by atoms with Gasteiger partial charge in [-0.25, -0.2) is 9.18 Å². The van der Waals surface area contributed by atoms with Gasteiger partial charge in [-0.1, -0.05) is 0 Å². The molecule has 28 heavy (non-hydrogen) atoms. The number of anilines is 2. The Morgan fingerprint density at radius 1 is 1.29 bits per heavy atom.